The predicted octanol–water partition coefficient (Wildman–Crippen LogP) is 3.14. The van der Waals surface area contributed by atoms with Crippen LogP contribution in [0.25, 0.3) is 21.9 Å². The second-order valence-corrected chi connectivity index (χ2v) is 8.61. The van der Waals surface area contributed by atoms with Crippen LogP contribution in [0.1, 0.15) is 25.1 Å². The first-order chi connectivity index (χ1) is 15.5. The first kappa shape index (κ1) is 20.9. The number of nitrogen functional groups attached to an aromatic ring is 1. The Bertz CT molecular complexity index is 1290. The molecule has 166 valence electrons. The number of nitrogens with two attached hydrogens (primary N) is 1. The van der Waals surface area contributed by atoms with E-state index in [9.17, 15) is 10.2 Å². The topological polar surface area (TPSA) is 119 Å². The van der Waals surface area contributed by atoms with Crippen molar-refractivity contribution < 1.29 is 14.9 Å². The number of halogens is 1. The van der Waals surface area contributed by atoms with Crippen molar-refractivity contribution in [1.29, 1.82) is 0 Å². The highest BCUT2D eigenvalue weighted by molar-refractivity contribution is 6.33. The Morgan fingerprint density at radius 3 is 2.84 bits per heavy atom. The lowest BCUT2D eigenvalue weighted by molar-refractivity contribution is -0.00141. The van der Waals surface area contributed by atoms with E-state index < -0.39 is 12.2 Å². The molecule has 1 saturated carbocycles. The van der Waals surface area contributed by atoms with Crippen LogP contribution in [0.5, 0.6) is 5.75 Å². The molecule has 4 N–H and O–H groups in total. The smallest absolute Gasteiger partial charge is 0.143 e. The maximum atomic E-state index is 10.8. The average Bonchev–Trinajstić information content (AvgIpc) is 3.34. The van der Waals surface area contributed by atoms with E-state index in [4.69, 9.17) is 22.1 Å². The van der Waals surface area contributed by atoms with E-state index in [2.05, 4.69) is 15.0 Å². The lowest BCUT2D eigenvalue weighted by Gasteiger charge is -2.19. The molecule has 1 aliphatic rings. The second-order valence-electron chi connectivity index (χ2n) is 8.20. The van der Waals surface area contributed by atoms with Crippen LogP contribution >= 0.6 is 11.6 Å². The van der Waals surface area contributed by atoms with Gasteiger partial charge in [0.2, 0.25) is 0 Å². The van der Waals surface area contributed by atoms with Crippen molar-refractivity contribution in [3.05, 3.63) is 53.6 Å². The van der Waals surface area contributed by atoms with Crippen LogP contribution in [0, 0.1) is 5.92 Å². The summed E-state index contributed by atoms with van der Waals surface area (Å²) in [4.78, 5) is 13.0. The van der Waals surface area contributed by atoms with Crippen molar-refractivity contribution in [3.63, 3.8) is 0 Å². The molecule has 1 aromatic carbocycles. The minimum absolute atomic E-state index is 0.237. The van der Waals surface area contributed by atoms with Gasteiger partial charge in [0.15, 0.2) is 0 Å². The Balaban J connectivity index is 1.34. The number of benzene rings is 1. The van der Waals surface area contributed by atoms with Crippen LogP contribution in [0.15, 0.2) is 42.9 Å². The predicted molar refractivity (Wildman–Crippen MR) is 123 cm³/mol. The lowest BCUT2D eigenvalue weighted by Crippen LogP contribution is -2.31. The lowest BCUT2D eigenvalue weighted by atomic mass is 10.1. The number of aliphatic hydroxyl groups excluding tert-OH is 2. The van der Waals surface area contributed by atoms with Gasteiger partial charge < -0.3 is 25.3 Å². The van der Waals surface area contributed by atoms with Gasteiger partial charge in [-0.2, -0.15) is 0 Å². The van der Waals surface area contributed by atoms with Gasteiger partial charge >= 0.3 is 0 Å². The summed E-state index contributed by atoms with van der Waals surface area (Å²) in [5.41, 5.74) is 8.22. The third-order valence-corrected chi connectivity index (χ3v) is 6.59. The second kappa shape index (κ2) is 8.20. The maximum absolute atomic E-state index is 10.8. The number of hydrogen-bond acceptors (Lipinski definition) is 7. The number of anilines is 1. The third-order valence-electron chi connectivity index (χ3n) is 6.29. The van der Waals surface area contributed by atoms with Crippen molar-refractivity contribution in [2.24, 2.45) is 5.92 Å². The Kier molecular flexibility index (Phi) is 5.36. The Labute approximate surface area is 189 Å². The molecule has 0 amide bonds. The molecule has 4 aromatic rings. The molecule has 0 saturated heterocycles. The van der Waals surface area contributed by atoms with Crippen molar-refractivity contribution in [1.82, 2.24) is 19.5 Å². The average molecular weight is 454 g/mol. The number of aryl methyl sites for hydroxylation is 1. The van der Waals surface area contributed by atoms with Gasteiger partial charge in [0.05, 0.1) is 35.0 Å². The molecular weight excluding hydrogens is 430 g/mol. The summed E-state index contributed by atoms with van der Waals surface area (Å²) < 4.78 is 7.90. The first-order valence-electron chi connectivity index (χ1n) is 10.6. The Hall–Kier alpha value is -2.94. The van der Waals surface area contributed by atoms with Crippen LogP contribution in [0.4, 0.5) is 5.82 Å². The van der Waals surface area contributed by atoms with Gasteiger partial charge in [-0.3, -0.25) is 0 Å². The first-order valence-corrected chi connectivity index (χ1v) is 11.0. The summed E-state index contributed by atoms with van der Waals surface area (Å²) in [7, 11) is 0. The minimum atomic E-state index is -0.917. The molecule has 32 heavy (non-hydrogen) atoms. The van der Waals surface area contributed by atoms with Gasteiger partial charge in [-0.25, -0.2) is 15.0 Å². The number of nitrogens with zero attached hydrogens (tertiary/aromatic N) is 4. The van der Waals surface area contributed by atoms with Crippen LogP contribution in [0.2, 0.25) is 5.02 Å². The summed E-state index contributed by atoms with van der Waals surface area (Å²) in [5, 5.41) is 23.7. The maximum Gasteiger partial charge on any atom is 0.143 e. The summed E-state index contributed by atoms with van der Waals surface area (Å²) in [6.07, 6.45) is 2.99. The number of aromatic nitrogens is 4. The van der Waals surface area contributed by atoms with E-state index >= 15 is 0 Å². The zero-order chi connectivity index (χ0) is 22.4. The van der Waals surface area contributed by atoms with Crippen LogP contribution in [-0.2, 0) is 6.42 Å². The molecule has 0 bridgehead atoms. The van der Waals surface area contributed by atoms with Crippen molar-refractivity contribution in [2.45, 2.75) is 38.0 Å². The van der Waals surface area contributed by atoms with Gasteiger partial charge in [0.25, 0.3) is 0 Å². The molecule has 3 aromatic heterocycles. The number of ether oxygens (including phenoxy) is 1. The SMILES string of the molecule is CCc1ncnc2c1ccn2[C@@H]1C[C@H](COc2ccc3cc(Cl)c(N)nc3c2)[C@@H](O)[C@H]1O. The van der Waals surface area contributed by atoms with E-state index in [0.717, 1.165) is 28.5 Å². The molecule has 9 heteroatoms. The van der Waals surface area contributed by atoms with Gasteiger partial charge in [0, 0.05) is 29.0 Å². The zero-order valence-electron chi connectivity index (χ0n) is 17.5. The molecule has 8 nitrogen and oxygen atoms in total. The molecular formula is C23H24ClN5O3. The van der Waals surface area contributed by atoms with Gasteiger partial charge in [-0.1, -0.05) is 18.5 Å². The quantitative estimate of drug-likeness (QED) is 0.424. The summed E-state index contributed by atoms with van der Waals surface area (Å²) in [6.45, 7) is 2.31. The zero-order valence-corrected chi connectivity index (χ0v) is 18.3. The number of fused-ring (bicyclic) bond motifs is 2. The highest BCUT2D eigenvalue weighted by atomic mass is 35.5. The number of pyridine rings is 1. The molecule has 0 spiro atoms. The van der Waals surface area contributed by atoms with E-state index in [1.807, 2.05) is 35.9 Å². The Morgan fingerprint density at radius 2 is 2.03 bits per heavy atom. The number of rotatable bonds is 5. The normalized spacial score (nSPS) is 23.2. The monoisotopic (exact) mass is 453 g/mol. The van der Waals surface area contributed by atoms with Gasteiger partial charge in [0.1, 0.15) is 29.6 Å². The fraction of sp³-hybridized carbons (Fsp3) is 0.348. The van der Waals surface area contributed by atoms with Crippen molar-refractivity contribution in [2.75, 3.05) is 12.3 Å². The van der Waals surface area contributed by atoms with E-state index in [1.54, 1.807) is 18.5 Å². The molecule has 0 unspecified atom stereocenters. The van der Waals surface area contributed by atoms with Crippen molar-refractivity contribution in [3.8, 4) is 5.75 Å². The van der Waals surface area contributed by atoms with Crippen LogP contribution in [-0.4, -0.2) is 48.5 Å². The third kappa shape index (κ3) is 3.54. The summed E-state index contributed by atoms with van der Waals surface area (Å²) >= 11 is 6.03. The molecule has 0 aliphatic heterocycles. The van der Waals surface area contributed by atoms with E-state index in [-0.39, 0.29) is 24.4 Å². The molecule has 0 radical (unpaired) electrons. The highest BCUT2D eigenvalue weighted by Gasteiger charge is 2.43. The fourth-order valence-electron chi connectivity index (χ4n) is 4.54. The van der Waals surface area contributed by atoms with Gasteiger partial charge in [-0.05, 0) is 37.1 Å². The highest BCUT2D eigenvalue weighted by Crippen LogP contribution is 2.38. The standard InChI is InChI=1S/C23H24ClN5O3/c1-2-17-15-5-6-29(23(15)27-11-26-17)19-8-13(20(30)21(19)31)10-32-14-4-3-12-7-16(24)22(25)28-18(12)9-14/h3-7,9,11,13,19-21,30-31H,2,8,10H2,1H3,(H2,25,28)/t13-,19-,20-,21+/m1/s1. The molecule has 1 aliphatic carbocycles. The number of hydrogen-bond donors (Lipinski definition) is 3. The fourth-order valence-corrected chi connectivity index (χ4v) is 4.70. The number of aliphatic hydroxyl groups is 2. The van der Waals surface area contributed by atoms with Crippen LogP contribution in [0.3, 0.4) is 0 Å². The van der Waals surface area contributed by atoms with Gasteiger partial charge in [-0.15, -0.1) is 0 Å². The van der Waals surface area contributed by atoms with E-state index in [0.29, 0.717) is 22.7 Å². The summed E-state index contributed by atoms with van der Waals surface area (Å²) in [6, 6.07) is 8.92. The largest absolute Gasteiger partial charge is 0.493 e. The molecule has 4 atom stereocenters. The molecule has 5 rings (SSSR count). The summed E-state index contributed by atoms with van der Waals surface area (Å²) in [5.74, 6) is 0.643. The van der Waals surface area contributed by atoms with E-state index in [1.165, 1.54) is 0 Å². The van der Waals surface area contributed by atoms with Crippen LogP contribution < -0.4 is 10.5 Å². The van der Waals surface area contributed by atoms with Crippen molar-refractivity contribution >= 4 is 39.4 Å². The molecule has 1 fully saturated rings. The minimum Gasteiger partial charge on any atom is -0.493 e. The Morgan fingerprint density at radius 1 is 1.19 bits per heavy atom. The molecule has 3 heterocycles.